The zero-order chi connectivity index (χ0) is 14.9. The number of nitrogens with zero attached hydrogens (tertiary/aromatic N) is 1. The maximum absolute atomic E-state index is 5.23. The van der Waals surface area contributed by atoms with Gasteiger partial charge >= 0.3 is 0 Å². The summed E-state index contributed by atoms with van der Waals surface area (Å²) in [5.41, 5.74) is 2.45. The third-order valence-electron chi connectivity index (χ3n) is 3.57. The summed E-state index contributed by atoms with van der Waals surface area (Å²) < 4.78 is 5.23. The highest BCUT2D eigenvalue weighted by atomic mass is 16.5. The Labute approximate surface area is 127 Å². The van der Waals surface area contributed by atoms with Crippen LogP contribution < -0.4 is 10.1 Å². The number of hydrogen-bond donors (Lipinski definition) is 1. The van der Waals surface area contributed by atoms with Crippen molar-refractivity contribution in [1.29, 1.82) is 0 Å². The highest BCUT2D eigenvalue weighted by molar-refractivity contribution is 5.29. The van der Waals surface area contributed by atoms with Gasteiger partial charge in [-0.25, -0.2) is 0 Å². The van der Waals surface area contributed by atoms with Crippen molar-refractivity contribution in [3.8, 4) is 5.75 Å². The van der Waals surface area contributed by atoms with Gasteiger partial charge in [0.05, 0.1) is 7.11 Å². The van der Waals surface area contributed by atoms with Gasteiger partial charge in [-0.2, -0.15) is 0 Å². The molecule has 1 N–H and O–H groups in total. The van der Waals surface area contributed by atoms with Gasteiger partial charge in [0.25, 0.3) is 0 Å². The van der Waals surface area contributed by atoms with Crippen LogP contribution in [0.1, 0.15) is 37.1 Å². The minimum Gasteiger partial charge on any atom is -0.497 e. The van der Waals surface area contributed by atoms with E-state index in [0.29, 0.717) is 6.04 Å². The standard InChI is InChI=1S/C18H24N2O/c1-3-13-20-18(12-9-16-6-4-5-14-19-16)15-7-10-17(21-2)11-8-15/h4-8,10-11,14,18,20H,3,9,12-13H2,1-2H3. The first-order valence-corrected chi connectivity index (χ1v) is 7.60. The van der Waals surface area contributed by atoms with Crippen molar-refractivity contribution < 1.29 is 4.74 Å². The summed E-state index contributed by atoms with van der Waals surface area (Å²) in [6.45, 7) is 3.22. The molecule has 2 rings (SSSR count). The van der Waals surface area contributed by atoms with Crippen molar-refractivity contribution in [3.63, 3.8) is 0 Å². The van der Waals surface area contributed by atoms with Crippen LogP contribution in [0.3, 0.4) is 0 Å². The SMILES string of the molecule is CCCNC(CCc1ccccn1)c1ccc(OC)cc1. The third kappa shape index (κ3) is 4.87. The lowest BCUT2D eigenvalue weighted by molar-refractivity contribution is 0.414. The van der Waals surface area contributed by atoms with Crippen LogP contribution in [0.2, 0.25) is 0 Å². The van der Waals surface area contributed by atoms with Crippen LogP contribution in [0.5, 0.6) is 5.75 Å². The average molecular weight is 284 g/mol. The van der Waals surface area contributed by atoms with E-state index < -0.39 is 0 Å². The number of hydrogen-bond acceptors (Lipinski definition) is 3. The molecular weight excluding hydrogens is 260 g/mol. The predicted molar refractivity (Wildman–Crippen MR) is 86.6 cm³/mol. The Hall–Kier alpha value is -1.87. The van der Waals surface area contributed by atoms with E-state index in [1.807, 2.05) is 30.5 Å². The summed E-state index contributed by atoms with van der Waals surface area (Å²) in [6, 6.07) is 14.8. The average Bonchev–Trinajstić information content (AvgIpc) is 2.56. The molecule has 3 nitrogen and oxygen atoms in total. The van der Waals surface area contributed by atoms with Gasteiger partial charge in [-0.15, -0.1) is 0 Å². The Morgan fingerprint density at radius 2 is 1.95 bits per heavy atom. The van der Waals surface area contributed by atoms with Crippen LogP contribution in [-0.4, -0.2) is 18.6 Å². The number of rotatable bonds is 8. The fraction of sp³-hybridized carbons (Fsp3) is 0.389. The Morgan fingerprint density at radius 3 is 2.57 bits per heavy atom. The van der Waals surface area contributed by atoms with Crippen LogP contribution in [0.4, 0.5) is 0 Å². The van der Waals surface area contributed by atoms with Gasteiger partial charge in [0, 0.05) is 17.9 Å². The molecule has 0 amide bonds. The summed E-state index contributed by atoms with van der Waals surface area (Å²) >= 11 is 0. The van der Waals surface area contributed by atoms with Crippen molar-refractivity contribution in [2.24, 2.45) is 0 Å². The molecule has 0 aliphatic heterocycles. The van der Waals surface area contributed by atoms with E-state index in [1.54, 1.807) is 7.11 Å². The van der Waals surface area contributed by atoms with Crippen molar-refractivity contribution in [3.05, 3.63) is 59.9 Å². The number of pyridine rings is 1. The smallest absolute Gasteiger partial charge is 0.118 e. The number of ether oxygens (including phenoxy) is 1. The summed E-state index contributed by atoms with van der Waals surface area (Å²) in [6.07, 6.45) is 5.02. The van der Waals surface area contributed by atoms with E-state index in [0.717, 1.165) is 37.3 Å². The quantitative estimate of drug-likeness (QED) is 0.801. The Morgan fingerprint density at radius 1 is 1.14 bits per heavy atom. The zero-order valence-corrected chi connectivity index (χ0v) is 12.9. The van der Waals surface area contributed by atoms with Gasteiger partial charge in [-0.05, 0) is 55.6 Å². The Bertz CT molecular complexity index is 511. The van der Waals surface area contributed by atoms with E-state index in [9.17, 15) is 0 Å². The third-order valence-corrected chi connectivity index (χ3v) is 3.57. The fourth-order valence-electron chi connectivity index (χ4n) is 2.38. The largest absolute Gasteiger partial charge is 0.497 e. The first-order chi connectivity index (χ1) is 10.3. The topological polar surface area (TPSA) is 34.2 Å². The maximum Gasteiger partial charge on any atom is 0.118 e. The molecule has 21 heavy (non-hydrogen) atoms. The molecule has 0 radical (unpaired) electrons. The molecule has 0 aliphatic carbocycles. The molecule has 112 valence electrons. The molecule has 0 aliphatic rings. The van der Waals surface area contributed by atoms with E-state index in [2.05, 4.69) is 35.4 Å². The molecule has 1 aromatic heterocycles. The van der Waals surface area contributed by atoms with E-state index >= 15 is 0 Å². The van der Waals surface area contributed by atoms with Crippen molar-refractivity contribution in [1.82, 2.24) is 10.3 Å². The minimum atomic E-state index is 0.359. The van der Waals surface area contributed by atoms with E-state index in [1.165, 1.54) is 5.56 Å². The molecule has 0 saturated heterocycles. The van der Waals surface area contributed by atoms with Crippen LogP contribution in [0.15, 0.2) is 48.7 Å². The predicted octanol–water partition coefficient (Wildman–Crippen LogP) is 3.76. The molecular formula is C18H24N2O. The Kier molecular flexibility index (Phi) is 6.22. The number of aromatic nitrogens is 1. The second-order valence-corrected chi connectivity index (χ2v) is 5.14. The normalized spacial score (nSPS) is 12.1. The lowest BCUT2D eigenvalue weighted by atomic mass is 10.0. The van der Waals surface area contributed by atoms with E-state index in [4.69, 9.17) is 4.74 Å². The first kappa shape index (κ1) is 15.5. The van der Waals surface area contributed by atoms with Crippen molar-refractivity contribution in [2.45, 2.75) is 32.2 Å². The molecule has 0 spiro atoms. The van der Waals surface area contributed by atoms with Crippen molar-refractivity contribution >= 4 is 0 Å². The summed E-state index contributed by atoms with van der Waals surface area (Å²) in [5.74, 6) is 0.901. The number of nitrogens with one attached hydrogen (secondary N) is 1. The molecule has 0 saturated carbocycles. The van der Waals surface area contributed by atoms with Crippen LogP contribution >= 0.6 is 0 Å². The lowest BCUT2D eigenvalue weighted by Crippen LogP contribution is -2.22. The highest BCUT2D eigenvalue weighted by Gasteiger charge is 2.11. The molecule has 0 bridgehead atoms. The minimum absolute atomic E-state index is 0.359. The molecule has 1 atom stereocenters. The first-order valence-electron chi connectivity index (χ1n) is 7.60. The van der Waals surface area contributed by atoms with Crippen LogP contribution in [0.25, 0.3) is 0 Å². The Balaban J connectivity index is 2.02. The van der Waals surface area contributed by atoms with Crippen LogP contribution in [-0.2, 0) is 6.42 Å². The second kappa shape index (κ2) is 8.42. The monoisotopic (exact) mass is 284 g/mol. The molecule has 2 aromatic rings. The molecule has 3 heteroatoms. The van der Waals surface area contributed by atoms with Gasteiger partial charge in [-0.1, -0.05) is 25.1 Å². The summed E-state index contributed by atoms with van der Waals surface area (Å²) in [5, 5.41) is 3.62. The van der Waals surface area contributed by atoms with Gasteiger partial charge < -0.3 is 10.1 Å². The van der Waals surface area contributed by atoms with Gasteiger partial charge in [0.1, 0.15) is 5.75 Å². The fourth-order valence-corrected chi connectivity index (χ4v) is 2.38. The zero-order valence-electron chi connectivity index (χ0n) is 12.9. The molecule has 1 heterocycles. The van der Waals surface area contributed by atoms with Gasteiger partial charge in [0.15, 0.2) is 0 Å². The second-order valence-electron chi connectivity index (χ2n) is 5.14. The molecule has 1 aromatic carbocycles. The molecule has 0 fully saturated rings. The van der Waals surface area contributed by atoms with Crippen molar-refractivity contribution in [2.75, 3.05) is 13.7 Å². The van der Waals surface area contributed by atoms with Gasteiger partial charge in [-0.3, -0.25) is 4.98 Å². The number of aryl methyl sites for hydroxylation is 1. The van der Waals surface area contributed by atoms with E-state index in [-0.39, 0.29) is 0 Å². The molecule has 1 unspecified atom stereocenters. The number of benzene rings is 1. The maximum atomic E-state index is 5.23. The van der Waals surface area contributed by atoms with Crippen LogP contribution in [0, 0.1) is 0 Å². The number of methoxy groups -OCH3 is 1. The highest BCUT2D eigenvalue weighted by Crippen LogP contribution is 2.21. The summed E-state index contributed by atoms with van der Waals surface area (Å²) in [4.78, 5) is 4.40. The van der Waals surface area contributed by atoms with Gasteiger partial charge in [0.2, 0.25) is 0 Å². The summed E-state index contributed by atoms with van der Waals surface area (Å²) in [7, 11) is 1.70. The lowest BCUT2D eigenvalue weighted by Gasteiger charge is -2.19.